The van der Waals surface area contributed by atoms with Crippen LogP contribution in [0.5, 0.6) is 0 Å². The highest BCUT2D eigenvalue weighted by Crippen LogP contribution is 2.17. The summed E-state index contributed by atoms with van der Waals surface area (Å²) in [7, 11) is 0. The van der Waals surface area contributed by atoms with Crippen molar-refractivity contribution >= 4 is 17.9 Å². The van der Waals surface area contributed by atoms with Crippen LogP contribution in [0.25, 0.3) is 0 Å². The molecule has 0 fully saturated rings. The Hall–Kier alpha value is -1.59. The van der Waals surface area contributed by atoms with E-state index in [-0.39, 0.29) is 31.1 Å². The van der Waals surface area contributed by atoms with Crippen molar-refractivity contribution in [2.24, 2.45) is 17.8 Å². The van der Waals surface area contributed by atoms with Crippen molar-refractivity contribution < 1.29 is 28.6 Å². The normalized spacial score (nSPS) is 12.7. The van der Waals surface area contributed by atoms with Crippen LogP contribution in [-0.4, -0.2) is 37.2 Å². The topological polar surface area (TPSA) is 78.9 Å². The molecule has 50 heavy (non-hydrogen) atoms. The number of ether oxygens (including phenoxy) is 3. The molecule has 0 aliphatic rings. The molecule has 1 unspecified atom stereocenters. The van der Waals surface area contributed by atoms with Crippen LogP contribution in [0, 0.1) is 17.8 Å². The predicted octanol–water partition coefficient (Wildman–Crippen LogP) is 13.3. The molecule has 0 heterocycles. The molecular formula is C44H84O6. The summed E-state index contributed by atoms with van der Waals surface area (Å²) in [4.78, 5) is 37.6. The first kappa shape index (κ1) is 48.4. The molecule has 2 atom stereocenters. The first-order chi connectivity index (χ1) is 24.1. The molecule has 0 spiro atoms. The van der Waals surface area contributed by atoms with Crippen LogP contribution in [0.3, 0.4) is 0 Å². The van der Waals surface area contributed by atoms with E-state index in [1.807, 2.05) is 0 Å². The van der Waals surface area contributed by atoms with E-state index in [4.69, 9.17) is 14.2 Å². The number of esters is 3. The van der Waals surface area contributed by atoms with E-state index in [0.717, 1.165) is 75.5 Å². The van der Waals surface area contributed by atoms with Gasteiger partial charge >= 0.3 is 17.9 Å². The quantitative estimate of drug-likeness (QED) is 0.0363. The van der Waals surface area contributed by atoms with Gasteiger partial charge in [-0.25, -0.2) is 0 Å². The minimum absolute atomic E-state index is 0.0679. The SMILES string of the molecule is CCC(C)CCCCCCCCC(=O)OC[C@@H](COC(=O)CCCCCCCCCCCCC(C)C)OC(=O)CCCCCCCCC(C)C. The maximum atomic E-state index is 12.6. The second-order valence-corrected chi connectivity index (χ2v) is 16.2. The molecule has 0 aromatic heterocycles. The predicted molar refractivity (Wildman–Crippen MR) is 210 cm³/mol. The summed E-state index contributed by atoms with van der Waals surface area (Å²) < 4.78 is 16.7. The Kier molecular flexibility index (Phi) is 34.7. The second kappa shape index (κ2) is 35.8. The van der Waals surface area contributed by atoms with Gasteiger partial charge in [0.15, 0.2) is 6.10 Å². The zero-order chi connectivity index (χ0) is 37.1. The summed E-state index contributed by atoms with van der Waals surface area (Å²) in [6, 6.07) is 0. The van der Waals surface area contributed by atoms with Crippen molar-refractivity contribution in [3.05, 3.63) is 0 Å². The molecule has 0 N–H and O–H groups in total. The largest absolute Gasteiger partial charge is 0.462 e. The van der Waals surface area contributed by atoms with Crippen LogP contribution in [0.1, 0.15) is 228 Å². The fraction of sp³-hybridized carbons (Fsp3) is 0.932. The zero-order valence-electron chi connectivity index (χ0n) is 34.2. The van der Waals surface area contributed by atoms with E-state index in [0.29, 0.717) is 19.3 Å². The Morgan fingerprint density at radius 3 is 1.04 bits per heavy atom. The van der Waals surface area contributed by atoms with Crippen LogP contribution < -0.4 is 0 Å². The Morgan fingerprint density at radius 2 is 0.700 bits per heavy atom. The molecule has 6 heteroatoms. The van der Waals surface area contributed by atoms with Gasteiger partial charge in [-0.2, -0.15) is 0 Å². The smallest absolute Gasteiger partial charge is 0.306 e. The molecule has 0 saturated heterocycles. The molecule has 0 aliphatic heterocycles. The minimum atomic E-state index is -0.762. The summed E-state index contributed by atoms with van der Waals surface area (Å²) in [5, 5.41) is 0. The fourth-order valence-corrected chi connectivity index (χ4v) is 6.32. The van der Waals surface area contributed by atoms with E-state index < -0.39 is 6.10 Å². The van der Waals surface area contributed by atoms with Gasteiger partial charge in [0.25, 0.3) is 0 Å². The number of hydrogen-bond donors (Lipinski definition) is 0. The van der Waals surface area contributed by atoms with Crippen LogP contribution in [0.15, 0.2) is 0 Å². The summed E-state index contributed by atoms with van der Waals surface area (Å²) in [5.41, 5.74) is 0. The third-order valence-corrected chi connectivity index (χ3v) is 10.0. The van der Waals surface area contributed by atoms with Crippen molar-refractivity contribution in [2.75, 3.05) is 13.2 Å². The summed E-state index contributed by atoms with van der Waals surface area (Å²) in [6.07, 6.45) is 31.0. The minimum Gasteiger partial charge on any atom is -0.462 e. The fourth-order valence-electron chi connectivity index (χ4n) is 6.32. The maximum absolute atomic E-state index is 12.6. The van der Waals surface area contributed by atoms with Gasteiger partial charge in [0.2, 0.25) is 0 Å². The Bertz CT molecular complexity index is 778. The molecular weight excluding hydrogens is 624 g/mol. The van der Waals surface area contributed by atoms with Crippen LogP contribution >= 0.6 is 0 Å². The van der Waals surface area contributed by atoms with Gasteiger partial charge in [-0.1, -0.05) is 189 Å². The van der Waals surface area contributed by atoms with Gasteiger partial charge in [0, 0.05) is 19.3 Å². The molecule has 0 radical (unpaired) electrons. The lowest BCUT2D eigenvalue weighted by Gasteiger charge is -2.18. The Balaban J connectivity index is 4.34. The van der Waals surface area contributed by atoms with Gasteiger partial charge in [-0.15, -0.1) is 0 Å². The van der Waals surface area contributed by atoms with E-state index >= 15 is 0 Å². The van der Waals surface area contributed by atoms with Crippen molar-refractivity contribution in [3.8, 4) is 0 Å². The van der Waals surface area contributed by atoms with Crippen molar-refractivity contribution in [1.82, 2.24) is 0 Å². The molecule has 296 valence electrons. The van der Waals surface area contributed by atoms with E-state index in [1.54, 1.807) is 0 Å². The first-order valence-corrected chi connectivity index (χ1v) is 21.6. The highest BCUT2D eigenvalue weighted by molar-refractivity contribution is 5.71. The second-order valence-electron chi connectivity index (χ2n) is 16.2. The summed E-state index contributed by atoms with van der Waals surface area (Å²) in [5.74, 6) is 1.52. The van der Waals surface area contributed by atoms with Gasteiger partial charge in [0.05, 0.1) is 0 Å². The zero-order valence-corrected chi connectivity index (χ0v) is 34.2. The van der Waals surface area contributed by atoms with E-state index in [2.05, 4.69) is 41.5 Å². The average Bonchev–Trinajstić information content (AvgIpc) is 3.08. The van der Waals surface area contributed by atoms with Crippen LogP contribution in [0.4, 0.5) is 0 Å². The van der Waals surface area contributed by atoms with Gasteiger partial charge in [0.1, 0.15) is 13.2 Å². The van der Waals surface area contributed by atoms with Crippen molar-refractivity contribution in [2.45, 2.75) is 234 Å². The van der Waals surface area contributed by atoms with Crippen molar-refractivity contribution in [1.29, 1.82) is 0 Å². The number of carbonyl (C=O) groups excluding carboxylic acids is 3. The molecule has 0 aromatic rings. The molecule has 0 aromatic carbocycles. The number of hydrogen-bond acceptors (Lipinski definition) is 6. The highest BCUT2D eigenvalue weighted by atomic mass is 16.6. The Labute approximate surface area is 310 Å². The Morgan fingerprint density at radius 1 is 0.400 bits per heavy atom. The highest BCUT2D eigenvalue weighted by Gasteiger charge is 2.19. The van der Waals surface area contributed by atoms with E-state index in [9.17, 15) is 14.4 Å². The van der Waals surface area contributed by atoms with Crippen LogP contribution in [-0.2, 0) is 28.6 Å². The lowest BCUT2D eigenvalue weighted by molar-refractivity contribution is -0.167. The third kappa shape index (κ3) is 36.2. The lowest BCUT2D eigenvalue weighted by atomic mass is 10.00. The van der Waals surface area contributed by atoms with Gasteiger partial charge in [-0.3, -0.25) is 14.4 Å². The molecule has 0 aliphatic carbocycles. The molecule has 6 nitrogen and oxygen atoms in total. The molecule has 0 rings (SSSR count). The van der Waals surface area contributed by atoms with E-state index in [1.165, 1.54) is 109 Å². The molecule has 0 bridgehead atoms. The van der Waals surface area contributed by atoms with Crippen LogP contribution in [0.2, 0.25) is 0 Å². The maximum Gasteiger partial charge on any atom is 0.306 e. The standard InChI is InChI=1S/C44H84O6/c1-7-40(6)32-26-20-15-17-22-28-34-43(46)49-37-41(50-44(47)35-29-23-16-14-19-25-31-39(4)5)36-48-42(45)33-27-21-13-11-9-8-10-12-18-24-30-38(2)3/h38-41H,7-37H2,1-6H3/t40?,41-/m1/s1. The average molecular weight is 709 g/mol. The third-order valence-electron chi connectivity index (χ3n) is 10.0. The van der Waals surface area contributed by atoms with Gasteiger partial charge < -0.3 is 14.2 Å². The number of carbonyl (C=O) groups is 3. The monoisotopic (exact) mass is 709 g/mol. The lowest BCUT2D eigenvalue weighted by Crippen LogP contribution is -2.30. The van der Waals surface area contributed by atoms with Crippen molar-refractivity contribution in [3.63, 3.8) is 0 Å². The molecule has 0 saturated carbocycles. The first-order valence-electron chi connectivity index (χ1n) is 21.6. The summed E-state index contributed by atoms with van der Waals surface area (Å²) in [6.45, 7) is 13.6. The molecule has 0 amide bonds. The van der Waals surface area contributed by atoms with Gasteiger partial charge in [-0.05, 0) is 37.0 Å². The summed E-state index contributed by atoms with van der Waals surface area (Å²) >= 11 is 0. The number of unbranched alkanes of at least 4 members (excludes halogenated alkanes) is 19. The number of rotatable bonds is 37.